The van der Waals surface area contributed by atoms with Gasteiger partial charge in [0.05, 0.1) is 0 Å². The van der Waals surface area contributed by atoms with E-state index in [4.69, 9.17) is 0 Å². The molecule has 3 rings (SSSR count). The van der Waals surface area contributed by atoms with Crippen LogP contribution in [0.5, 0.6) is 0 Å². The van der Waals surface area contributed by atoms with Crippen LogP contribution in [0.3, 0.4) is 0 Å². The van der Waals surface area contributed by atoms with Gasteiger partial charge in [0.2, 0.25) is 10.1 Å². The Morgan fingerprint density at radius 3 is 2.64 bits per heavy atom. The molecular weight excluding hydrogens is 335 g/mol. The Hall–Kier alpha value is -1.71. The summed E-state index contributed by atoms with van der Waals surface area (Å²) >= 11 is 1.86. The molecule has 116 valence electrons. The summed E-state index contributed by atoms with van der Waals surface area (Å²) in [6.07, 6.45) is -5.32. The van der Waals surface area contributed by atoms with Crippen LogP contribution in [-0.4, -0.2) is 21.8 Å². The molecule has 0 spiro atoms. The molecule has 22 heavy (non-hydrogen) atoms. The number of hydrogen-bond donors (Lipinski definition) is 2. The Labute approximate surface area is 131 Å². The Balaban J connectivity index is 1.67. The van der Waals surface area contributed by atoms with Crippen molar-refractivity contribution in [2.75, 3.05) is 11.9 Å². The topological polar surface area (TPSA) is 58.0 Å². The van der Waals surface area contributed by atoms with Crippen molar-refractivity contribution in [1.29, 1.82) is 0 Å². The lowest BCUT2D eigenvalue weighted by Gasteiger charge is -2.08. The first-order valence-corrected chi connectivity index (χ1v) is 7.88. The molecule has 9 heteroatoms. The number of rotatable bonds is 4. The predicted molar refractivity (Wildman–Crippen MR) is 80.2 cm³/mol. The molecule has 2 heterocycles. The van der Waals surface area contributed by atoms with Gasteiger partial charge < -0.3 is 10.4 Å². The van der Waals surface area contributed by atoms with Gasteiger partial charge in [-0.15, -0.1) is 21.5 Å². The number of thiophene rings is 1. The fourth-order valence-electron chi connectivity index (χ4n) is 1.86. The predicted octanol–water partition coefficient (Wildman–Crippen LogP) is 3.92. The smallest absolute Gasteiger partial charge is 0.386 e. The highest BCUT2D eigenvalue weighted by Gasteiger charge is 2.35. The Kier molecular flexibility index (Phi) is 4.02. The molecule has 0 aliphatic heterocycles. The van der Waals surface area contributed by atoms with Crippen LogP contribution in [0.15, 0.2) is 30.3 Å². The number of hydrogen-bond acceptors (Lipinski definition) is 6. The zero-order valence-electron chi connectivity index (χ0n) is 11.0. The first-order valence-electron chi connectivity index (χ1n) is 6.24. The third-order valence-electron chi connectivity index (χ3n) is 2.89. The molecule has 1 unspecified atom stereocenters. The van der Waals surface area contributed by atoms with Gasteiger partial charge in [0.25, 0.3) is 0 Å². The Bertz CT molecular complexity index is 751. The van der Waals surface area contributed by atoms with Crippen LogP contribution >= 0.6 is 22.7 Å². The number of aliphatic hydroxyl groups excluding tert-OH is 1. The van der Waals surface area contributed by atoms with Crippen molar-refractivity contribution in [3.05, 3.63) is 40.2 Å². The van der Waals surface area contributed by atoms with E-state index in [1.807, 2.05) is 30.3 Å². The monoisotopic (exact) mass is 345 g/mol. The maximum Gasteiger partial charge on any atom is 0.445 e. The van der Waals surface area contributed by atoms with Crippen LogP contribution in [0.1, 0.15) is 16.0 Å². The van der Waals surface area contributed by atoms with Gasteiger partial charge in [-0.2, -0.15) is 13.2 Å². The van der Waals surface area contributed by atoms with Gasteiger partial charge in [-0.3, -0.25) is 0 Å². The van der Waals surface area contributed by atoms with Crippen molar-refractivity contribution in [3.63, 3.8) is 0 Å². The van der Waals surface area contributed by atoms with Gasteiger partial charge in [0.1, 0.15) is 6.10 Å². The standard InChI is InChI=1S/C13H10F3N3OS2/c14-13(15,16)11-18-19-12(22-11)17-6-8(20)10-5-7-3-1-2-4-9(7)21-10/h1-5,8,20H,6H2,(H,17,19). The molecule has 1 aromatic carbocycles. The minimum absolute atomic E-state index is 0.0347. The summed E-state index contributed by atoms with van der Waals surface area (Å²) in [5.41, 5.74) is 0. The second-order valence-electron chi connectivity index (χ2n) is 4.49. The van der Waals surface area contributed by atoms with E-state index in [9.17, 15) is 18.3 Å². The van der Waals surface area contributed by atoms with E-state index in [0.717, 1.165) is 15.0 Å². The van der Waals surface area contributed by atoms with E-state index in [-0.39, 0.29) is 11.7 Å². The van der Waals surface area contributed by atoms with Gasteiger partial charge in [0.15, 0.2) is 0 Å². The third-order valence-corrected chi connectivity index (χ3v) is 5.03. The first-order chi connectivity index (χ1) is 10.4. The van der Waals surface area contributed by atoms with Gasteiger partial charge in [-0.25, -0.2) is 0 Å². The normalized spacial score (nSPS) is 13.5. The summed E-state index contributed by atoms with van der Waals surface area (Å²) in [4.78, 5) is 0.745. The van der Waals surface area contributed by atoms with Crippen molar-refractivity contribution in [2.45, 2.75) is 12.3 Å². The van der Waals surface area contributed by atoms with E-state index in [1.165, 1.54) is 11.3 Å². The summed E-state index contributed by atoms with van der Waals surface area (Å²) in [6.45, 7) is 0.0688. The molecular formula is C13H10F3N3OS2. The highest BCUT2D eigenvalue weighted by Crippen LogP contribution is 2.34. The van der Waals surface area contributed by atoms with Gasteiger partial charge in [0, 0.05) is 16.1 Å². The molecule has 3 aromatic rings. The number of fused-ring (bicyclic) bond motifs is 1. The lowest BCUT2D eigenvalue weighted by Crippen LogP contribution is -2.10. The van der Waals surface area contributed by atoms with E-state index < -0.39 is 17.3 Å². The van der Waals surface area contributed by atoms with Crippen molar-refractivity contribution < 1.29 is 18.3 Å². The largest absolute Gasteiger partial charge is 0.445 e. The number of aliphatic hydroxyl groups is 1. The van der Waals surface area contributed by atoms with Gasteiger partial charge in [-0.05, 0) is 17.5 Å². The van der Waals surface area contributed by atoms with Crippen LogP contribution in [0.25, 0.3) is 10.1 Å². The molecule has 0 aliphatic rings. The molecule has 2 aromatic heterocycles. The summed E-state index contributed by atoms with van der Waals surface area (Å²) in [6, 6.07) is 9.57. The second kappa shape index (κ2) is 5.82. The van der Waals surface area contributed by atoms with Gasteiger partial charge in [-0.1, -0.05) is 29.5 Å². The highest BCUT2D eigenvalue weighted by atomic mass is 32.1. The summed E-state index contributed by atoms with van der Waals surface area (Å²) < 4.78 is 38.3. The van der Waals surface area contributed by atoms with E-state index in [1.54, 1.807) is 0 Å². The van der Waals surface area contributed by atoms with E-state index in [2.05, 4.69) is 15.5 Å². The molecule has 0 amide bonds. The molecule has 4 nitrogen and oxygen atoms in total. The molecule has 0 aliphatic carbocycles. The maximum atomic E-state index is 12.4. The zero-order chi connectivity index (χ0) is 15.7. The van der Waals surface area contributed by atoms with Gasteiger partial charge >= 0.3 is 6.18 Å². The molecule has 2 N–H and O–H groups in total. The number of benzene rings is 1. The summed E-state index contributed by atoms with van der Waals surface area (Å²) in [5, 5.41) is 19.4. The fourth-order valence-corrected chi connectivity index (χ4v) is 3.53. The minimum atomic E-state index is -4.50. The molecule has 0 radical (unpaired) electrons. The van der Waals surface area contributed by atoms with Crippen LogP contribution in [0.4, 0.5) is 18.3 Å². The number of nitrogens with zero attached hydrogens (tertiary/aromatic N) is 2. The zero-order valence-corrected chi connectivity index (χ0v) is 12.6. The van der Waals surface area contributed by atoms with Crippen LogP contribution in [-0.2, 0) is 6.18 Å². The van der Waals surface area contributed by atoms with E-state index in [0.29, 0.717) is 11.3 Å². The molecule has 1 atom stereocenters. The summed E-state index contributed by atoms with van der Waals surface area (Å²) in [7, 11) is 0. The number of anilines is 1. The first kappa shape index (κ1) is 15.2. The van der Waals surface area contributed by atoms with E-state index >= 15 is 0 Å². The number of alkyl halides is 3. The van der Waals surface area contributed by atoms with Crippen molar-refractivity contribution in [1.82, 2.24) is 10.2 Å². The van der Waals surface area contributed by atoms with Crippen LogP contribution in [0.2, 0.25) is 0 Å². The van der Waals surface area contributed by atoms with Crippen LogP contribution in [0, 0.1) is 0 Å². The Morgan fingerprint density at radius 2 is 1.95 bits per heavy atom. The lowest BCUT2D eigenvalue weighted by atomic mass is 10.2. The summed E-state index contributed by atoms with van der Waals surface area (Å²) in [5.74, 6) is 0. The van der Waals surface area contributed by atoms with Crippen molar-refractivity contribution in [3.8, 4) is 0 Å². The fraction of sp³-hybridized carbons (Fsp3) is 0.231. The lowest BCUT2D eigenvalue weighted by molar-refractivity contribution is -0.138. The average Bonchev–Trinajstić information content (AvgIpc) is 3.10. The molecule has 0 fully saturated rings. The number of nitrogens with one attached hydrogen (secondary N) is 1. The van der Waals surface area contributed by atoms with Crippen molar-refractivity contribution >= 4 is 37.9 Å². The SMILES string of the molecule is OC(CNc1nnc(C(F)(F)F)s1)c1cc2ccccc2s1. The number of halogens is 3. The molecule has 0 saturated heterocycles. The minimum Gasteiger partial charge on any atom is -0.386 e. The highest BCUT2D eigenvalue weighted by molar-refractivity contribution is 7.19. The second-order valence-corrected chi connectivity index (χ2v) is 6.59. The van der Waals surface area contributed by atoms with Crippen molar-refractivity contribution in [2.24, 2.45) is 0 Å². The quantitative estimate of drug-likeness (QED) is 0.752. The molecule has 0 bridgehead atoms. The van der Waals surface area contributed by atoms with Crippen LogP contribution < -0.4 is 5.32 Å². The average molecular weight is 345 g/mol. The third kappa shape index (κ3) is 3.21. The Morgan fingerprint density at radius 1 is 1.18 bits per heavy atom. The maximum absolute atomic E-state index is 12.4. The number of aromatic nitrogens is 2. The molecule has 0 saturated carbocycles.